The van der Waals surface area contributed by atoms with E-state index in [0.29, 0.717) is 12.4 Å². The fourth-order valence-electron chi connectivity index (χ4n) is 1.04. The van der Waals surface area contributed by atoms with Crippen LogP contribution >= 0.6 is 0 Å². The number of aromatic nitrogens is 2. The highest BCUT2D eigenvalue weighted by atomic mass is 32.2. The van der Waals surface area contributed by atoms with Gasteiger partial charge in [0.05, 0.1) is 5.75 Å². The van der Waals surface area contributed by atoms with Crippen LogP contribution in [0.15, 0.2) is 12.4 Å². The van der Waals surface area contributed by atoms with Crippen LogP contribution in [0.3, 0.4) is 0 Å². The summed E-state index contributed by atoms with van der Waals surface area (Å²) >= 11 is 0. The molecule has 0 aliphatic heterocycles. The third-order valence-corrected chi connectivity index (χ3v) is 3.33. The van der Waals surface area contributed by atoms with Crippen LogP contribution in [0.5, 0.6) is 0 Å². The number of anilines is 1. The predicted octanol–water partition coefficient (Wildman–Crippen LogP) is -0.301. The van der Waals surface area contributed by atoms with Gasteiger partial charge in [0.1, 0.15) is 6.07 Å². The fourth-order valence-corrected chi connectivity index (χ4v) is 1.66. The molecule has 0 amide bonds. The van der Waals surface area contributed by atoms with Crippen LogP contribution in [0.1, 0.15) is 12.6 Å². The molecule has 0 aromatic carbocycles. The van der Waals surface area contributed by atoms with E-state index < -0.39 is 10.0 Å². The van der Waals surface area contributed by atoms with Gasteiger partial charge in [-0.15, -0.1) is 0 Å². The van der Waals surface area contributed by atoms with Crippen molar-refractivity contribution in [1.29, 1.82) is 5.26 Å². The lowest BCUT2D eigenvalue weighted by molar-refractivity contribution is 0.584. The minimum atomic E-state index is -3.18. The molecule has 1 rings (SSSR count). The van der Waals surface area contributed by atoms with Crippen molar-refractivity contribution in [2.75, 3.05) is 24.2 Å². The Kier molecular flexibility index (Phi) is 4.81. The summed E-state index contributed by atoms with van der Waals surface area (Å²) in [5, 5.41) is 11.6. The Hall–Kier alpha value is -1.72. The van der Waals surface area contributed by atoms with Crippen molar-refractivity contribution < 1.29 is 8.42 Å². The van der Waals surface area contributed by atoms with Gasteiger partial charge in [0.25, 0.3) is 0 Å². The number of sulfonamides is 1. The van der Waals surface area contributed by atoms with Crippen LogP contribution in [0.4, 0.5) is 5.82 Å². The molecule has 1 aromatic rings. The summed E-state index contributed by atoms with van der Waals surface area (Å²) in [6, 6.07) is 1.89. The Balaban J connectivity index is 2.45. The summed E-state index contributed by atoms with van der Waals surface area (Å²) in [6.07, 6.45) is 2.88. The molecule has 0 unspecified atom stereocenters. The van der Waals surface area contributed by atoms with Crippen molar-refractivity contribution in [3.05, 3.63) is 18.1 Å². The molecule has 2 N–H and O–H groups in total. The highest BCUT2D eigenvalue weighted by Crippen LogP contribution is 2.04. The summed E-state index contributed by atoms with van der Waals surface area (Å²) < 4.78 is 24.6. The molecule has 0 radical (unpaired) electrons. The van der Waals surface area contributed by atoms with Crippen molar-refractivity contribution in [1.82, 2.24) is 14.7 Å². The fraction of sp³-hybridized carbons (Fsp3) is 0.444. The van der Waals surface area contributed by atoms with Gasteiger partial charge in [-0.2, -0.15) is 5.26 Å². The number of nitrogens with zero attached hydrogens (tertiary/aromatic N) is 3. The van der Waals surface area contributed by atoms with Crippen LogP contribution in [-0.4, -0.2) is 37.2 Å². The predicted molar refractivity (Wildman–Crippen MR) is 62.7 cm³/mol. The summed E-state index contributed by atoms with van der Waals surface area (Å²) in [4.78, 5) is 7.75. The second-order valence-corrected chi connectivity index (χ2v) is 5.19. The Morgan fingerprint density at radius 1 is 1.35 bits per heavy atom. The van der Waals surface area contributed by atoms with Gasteiger partial charge < -0.3 is 5.32 Å². The van der Waals surface area contributed by atoms with E-state index in [4.69, 9.17) is 5.26 Å². The molecule has 0 aliphatic carbocycles. The maximum atomic E-state index is 11.1. The first-order valence-corrected chi connectivity index (χ1v) is 6.66. The van der Waals surface area contributed by atoms with Crippen LogP contribution in [0.2, 0.25) is 0 Å². The molecule has 1 aromatic heterocycles. The smallest absolute Gasteiger partial charge is 0.211 e. The number of nitrogens with one attached hydrogen (secondary N) is 2. The van der Waals surface area contributed by atoms with Gasteiger partial charge in [-0.25, -0.2) is 23.1 Å². The van der Waals surface area contributed by atoms with Crippen molar-refractivity contribution in [3.8, 4) is 6.07 Å². The lowest BCUT2D eigenvalue weighted by atomic mass is 10.4. The van der Waals surface area contributed by atoms with Crippen molar-refractivity contribution in [2.45, 2.75) is 6.92 Å². The molecule has 0 saturated heterocycles. The first-order valence-electron chi connectivity index (χ1n) is 5.01. The molecule has 0 fully saturated rings. The van der Waals surface area contributed by atoms with E-state index in [1.54, 1.807) is 6.92 Å². The van der Waals surface area contributed by atoms with Crippen molar-refractivity contribution in [3.63, 3.8) is 0 Å². The Morgan fingerprint density at radius 3 is 2.71 bits per heavy atom. The Bertz CT molecular complexity index is 508. The topological polar surface area (TPSA) is 108 Å². The van der Waals surface area contributed by atoms with E-state index >= 15 is 0 Å². The zero-order chi connectivity index (χ0) is 12.7. The molecule has 0 bridgehead atoms. The second kappa shape index (κ2) is 6.12. The van der Waals surface area contributed by atoms with E-state index in [0.717, 1.165) is 0 Å². The largest absolute Gasteiger partial charge is 0.366 e. The van der Waals surface area contributed by atoms with Crippen LogP contribution < -0.4 is 10.0 Å². The number of rotatable bonds is 6. The molecule has 8 heteroatoms. The molecule has 92 valence electrons. The van der Waals surface area contributed by atoms with Gasteiger partial charge in [-0.1, -0.05) is 0 Å². The molecule has 0 aliphatic rings. The highest BCUT2D eigenvalue weighted by molar-refractivity contribution is 7.89. The number of hydrogen-bond acceptors (Lipinski definition) is 6. The minimum Gasteiger partial charge on any atom is -0.366 e. The van der Waals surface area contributed by atoms with Gasteiger partial charge in [0.2, 0.25) is 10.0 Å². The third kappa shape index (κ3) is 4.34. The van der Waals surface area contributed by atoms with E-state index in [1.165, 1.54) is 12.4 Å². The molecule has 0 atom stereocenters. The van der Waals surface area contributed by atoms with Gasteiger partial charge in [0, 0.05) is 25.5 Å². The molecule has 7 nitrogen and oxygen atoms in total. The van der Waals surface area contributed by atoms with E-state index in [-0.39, 0.29) is 18.0 Å². The standard InChI is InChI=1S/C9H13N5O2S/c1-2-17(15,16)14-6-5-13-9-8(7-10)11-3-4-12-9/h3-4,14H,2,5-6H2,1H3,(H,12,13). The molecule has 0 spiro atoms. The highest BCUT2D eigenvalue weighted by Gasteiger charge is 2.06. The van der Waals surface area contributed by atoms with Gasteiger partial charge in [-0.05, 0) is 6.92 Å². The van der Waals surface area contributed by atoms with E-state index in [1.807, 2.05) is 6.07 Å². The summed E-state index contributed by atoms with van der Waals surface area (Å²) in [7, 11) is -3.18. The summed E-state index contributed by atoms with van der Waals surface area (Å²) in [6.45, 7) is 2.14. The molecular formula is C9H13N5O2S. The third-order valence-electron chi connectivity index (χ3n) is 1.92. The maximum Gasteiger partial charge on any atom is 0.211 e. The average molecular weight is 255 g/mol. The molecule has 0 saturated carbocycles. The summed E-state index contributed by atoms with van der Waals surface area (Å²) in [5.74, 6) is 0.396. The van der Waals surface area contributed by atoms with Gasteiger partial charge in [0.15, 0.2) is 11.5 Å². The van der Waals surface area contributed by atoms with Gasteiger partial charge in [-0.3, -0.25) is 0 Å². The Labute approximate surface area is 99.9 Å². The summed E-state index contributed by atoms with van der Waals surface area (Å²) in [5.41, 5.74) is 0.186. The van der Waals surface area contributed by atoms with Crippen LogP contribution in [0.25, 0.3) is 0 Å². The second-order valence-electron chi connectivity index (χ2n) is 3.09. The molecule has 1 heterocycles. The van der Waals surface area contributed by atoms with Crippen molar-refractivity contribution >= 4 is 15.8 Å². The first kappa shape index (κ1) is 13.3. The zero-order valence-corrected chi connectivity index (χ0v) is 10.2. The SMILES string of the molecule is CCS(=O)(=O)NCCNc1nccnc1C#N. The monoisotopic (exact) mass is 255 g/mol. The lowest BCUT2D eigenvalue weighted by Gasteiger charge is -2.07. The molecular weight excluding hydrogens is 242 g/mol. The number of hydrogen-bond donors (Lipinski definition) is 2. The van der Waals surface area contributed by atoms with E-state index in [2.05, 4.69) is 20.0 Å². The normalized spacial score (nSPS) is 10.8. The van der Waals surface area contributed by atoms with Crippen molar-refractivity contribution in [2.24, 2.45) is 0 Å². The maximum absolute atomic E-state index is 11.1. The quantitative estimate of drug-likeness (QED) is 0.676. The van der Waals surface area contributed by atoms with Crippen LogP contribution in [0, 0.1) is 11.3 Å². The average Bonchev–Trinajstić information content (AvgIpc) is 2.35. The van der Waals surface area contributed by atoms with Crippen LogP contribution in [-0.2, 0) is 10.0 Å². The number of nitriles is 1. The van der Waals surface area contributed by atoms with E-state index in [9.17, 15) is 8.42 Å². The van der Waals surface area contributed by atoms with Gasteiger partial charge >= 0.3 is 0 Å². The minimum absolute atomic E-state index is 0.0432. The molecule has 17 heavy (non-hydrogen) atoms. The zero-order valence-electron chi connectivity index (χ0n) is 9.34. The lowest BCUT2D eigenvalue weighted by Crippen LogP contribution is -2.30. The first-order chi connectivity index (χ1) is 8.09. The Morgan fingerprint density at radius 2 is 2.06 bits per heavy atom.